The number of anilines is 1. The van der Waals surface area contributed by atoms with Gasteiger partial charge in [-0.25, -0.2) is 9.97 Å². The Hall–Kier alpha value is -1.12. The van der Waals surface area contributed by atoms with E-state index in [4.69, 9.17) is 0 Å². The van der Waals surface area contributed by atoms with Gasteiger partial charge >= 0.3 is 0 Å². The van der Waals surface area contributed by atoms with Crippen LogP contribution in [0.15, 0.2) is 6.07 Å². The SMILES string of the molecule is Cc1cc(C)nc(NC(C)CC(C)C)n1. The molecule has 1 atom stereocenters. The molecule has 0 spiro atoms. The van der Waals surface area contributed by atoms with Crippen molar-refractivity contribution in [2.45, 2.75) is 47.1 Å². The van der Waals surface area contributed by atoms with Gasteiger partial charge in [0.05, 0.1) is 0 Å². The maximum Gasteiger partial charge on any atom is 0.223 e. The molecule has 15 heavy (non-hydrogen) atoms. The van der Waals surface area contributed by atoms with Crippen molar-refractivity contribution in [1.29, 1.82) is 0 Å². The Bertz CT molecular complexity index is 300. The van der Waals surface area contributed by atoms with E-state index in [0.717, 1.165) is 23.8 Å². The predicted octanol–water partition coefficient (Wildman–Crippen LogP) is 2.94. The maximum atomic E-state index is 4.36. The lowest BCUT2D eigenvalue weighted by molar-refractivity contribution is 0.537. The number of hydrogen-bond donors (Lipinski definition) is 1. The van der Waals surface area contributed by atoms with Crippen molar-refractivity contribution in [2.75, 3.05) is 5.32 Å². The van der Waals surface area contributed by atoms with Crippen molar-refractivity contribution < 1.29 is 0 Å². The van der Waals surface area contributed by atoms with Crippen LogP contribution >= 0.6 is 0 Å². The first-order valence-corrected chi connectivity index (χ1v) is 5.56. The lowest BCUT2D eigenvalue weighted by atomic mass is 10.1. The summed E-state index contributed by atoms with van der Waals surface area (Å²) in [6.45, 7) is 10.6. The fraction of sp³-hybridized carbons (Fsp3) is 0.667. The molecule has 84 valence electrons. The van der Waals surface area contributed by atoms with E-state index in [2.05, 4.69) is 36.1 Å². The minimum absolute atomic E-state index is 0.422. The smallest absolute Gasteiger partial charge is 0.223 e. The molecule has 3 heteroatoms. The number of aromatic nitrogens is 2. The Morgan fingerprint density at radius 1 is 1.13 bits per heavy atom. The maximum absolute atomic E-state index is 4.36. The lowest BCUT2D eigenvalue weighted by Gasteiger charge is -2.16. The minimum atomic E-state index is 0.422. The molecular weight excluding hydrogens is 186 g/mol. The molecule has 1 rings (SSSR count). The van der Waals surface area contributed by atoms with Crippen LogP contribution in [0.1, 0.15) is 38.6 Å². The van der Waals surface area contributed by atoms with Crippen molar-refractivity contribution in [3.8, 4) is 0 Å². The van der Waals surface area contributed by atoms with E-state index in [1.165, 1.54) is 0 Å². The van der Waals surface area contributed by atoms with Gasteiger partial charge < -0.3 is 5.32 Å². The molecule has 1 aromatic heterocycles. The summed E-state index contributed by atoms with van der Waals surface area (Å²) in [4.78, 5) is 8.72. The van der Waals surface area contributed by atoms with Crippen LogP contribution in [0.2, 0.25) is 0 Å². The minimum Gasteiger partial charge on any atom is -0.352 e. The monoisotopic (exact) mass is 207 g/mol. The number of nitrogens with one attached hydrogen (secondary N) is 1. The van der Waals surface area contributed by atoms with E-state index in [9.17, 15) is 0 Å². The second kappa shape index (κ2) is 5.10. The van der Waals surface area contributed by atoms with Gasteiger partial charge in [-0.15, -0.1) is 0 Å². The summed E-state index contributed by atoms with van der Waals surface area (Å²) in [5.41, 5.74) is 2.03. The Balaban J connectivity index is 2.63. The summed E-state index contributed by atoms with van der Waals surface area (Å²) < 4.78 is 0. The Labute approximate surface area is 92.3 Å². The van der Waals surface area contributed by atoms with Crippen molar-refractivity contribution in [2.24, 2.45) is 5.92 Å². The van der Waals surface area contributed by atoms with Gasteiger partial charge in [0, 0.05) is 17.4 Å². The molecule has 0 saturated carbocycles. The van der Waals surface area contributed by atoms with Gasteiger partial charge in [0.1, 0.15) is 0 Å². The Morgan fingerprint density at radius 2 is 1.67 bits per heavy atom. The molecule has 1 unspecified atom stereocenters. The summed E-state index contributed by atoms with van der Waals surface area (Å²) in [7, 11) is 0. The molecule has 1 aromatic rings. The average molecular weight is 207 g/mol. The van der Waals surface area contributed by atoms with Crippen LogP contribution in [0, 0.1) is 19.8 Å². The van der Waals surface area contributed by atoms with Gasteiger partial charge in [-0.1, -0.05) is 13.8 Å². The fourth-order valence-electron chi connectivity index (χ4n) is 1.78. The van der Waals surface area contributed by atoms with Gasteiger partial charge in [0.25, 0.3) is 0 Å². The van der Waals surface area contributed by atoms with Crippen LogP contribution in [0.25, 0.3) is 0 Å². The third kappa shape index (κ3) is 4.28. The normalized spacial score (nSPS) is 12.9. The molecule has 0 amide bonds. The van der Waals surface area contributed by atoms with Gasteiger partial charge in [0.2, 0.25) is 5.95 Å². The highest BCUT2D eigenvalue weighted by Gasteiger charge is 2.06. The molecule has 0 bridgehead atoms. The van der Waals surface area contributed by atoms with Crippen LogP contribution in [0.4, 0.5) is 5.95 Å². The zero-order valence-corrected chi connectivity index (χ0v) is 10.3. The number of aryl methyl sites for hydroxylation is 2. The summed E-state index contributed by atoms with van der Waals surface area (Å²) >= 11 is 0. The number of rotatable bonds is 4. The zero-order valence-electron chi connectivity index (χ0n) is 10.3. The van der Waals surface area contributed by atoms with E-state index < -0.39 is 0 Å². The van der Waals surface area contributed by atoms with Crippen molar-refractivity contribution in [1.82, 2.24) is 9.97 Å². The molecule has 0 radical (unpaired) electrons. The largest absolute Gasteiger partial charge is 0.352 e. The molecule has 3 nitrogen and oxygen atoms in total. The van der Waals surface area contributed by atoms with Crippen LogP contribution in [0.5, 0.6) is 0 Å². The van der Waals surface area contributed by atoms with Crippen LogP contribution in [-0.4, -0.2) is 16.0 Å². The molecule has 0 saturated heterocycles. The molecule has 0 aromatic carbocycles. The van der Waals surface area contributed by atoms with E-state index >= 15 is 0 Å². The van der Waals surface area contributed by atoms with E-state index in [1.54, 1.807) is 0 Å². The third-order valence-electron chi connectivity index (χ3n) is 2.18. The third-order valence-corrected chi connectivity index (χ3v) is 2.18. The molecule has 1 N–H and O–H groups in total. The van der Waals surface area contributed by atoms with E-state index in [0.29, 0.717) is 12.0 Å². The molecule has 1 heterocycles. The molecule has 0 aliphatic heterocycles. The van der Waals surface area contributed by atoms with Gasteiger partial charge in [-0.05, 0) is 39.2 Å². The van der Waals surface area contributed by atoms with E-state index in [1.807, 2.05) is 19.9 Å². The van der Waals surface area contributed by atoms with Gasteiger partial charge in [-0.3, -0.25) is 0 Å². The second-order valence-corrected chi connectivity index (χ2v) is 4.65. The average Bonchev–Trinajstić information content (AvgIpc) is 1.98. The van der Waals surface area contributed by atoms with Gasteiger partial charge in [-0.2, -0.15) is 0 Å². The van der Waals surface area contributed by atoms with Crippen molar-refractivity contribution in [3.05, 3.63) is 17.5 Å². The highest BCUT2D eigenvalue weighted by Crippen LogP contribution is 2.10. The van der Waals surface area contributed by atoms with Crippen LogP contribution in [0.3, 0.4) is 0 Å². The van der Waals surface area contributed by atoms with Crippen molar-refractivity contribution >= 4 is 5.95 Å². The summed E-state index contributed by atoms with van der Waals surface area (Å²) in [5, 5.41) is 3.33. The Kier molecular flexibility index (Phi) is 4.06. The standard InChI is InChI=1S/C12H21N3/c1-8(2)6-9(3)13-12-14-10(4)7-11(5)15-12/h7-9H,6H2,1-5H3,(H,13,14,15). The second-order valence-electron chi connectivity index (χ2n) is 4.65. The van der Waals surface area contributed by atoms with Gasteiger partial charge in [0.15, 0.2) is 0 Å². The highest BCUT2D eigenvalue weighted by molar-refractivity contribution is 5.28. The lowest BCUT2D eigenvalue weighted by Crippen LogP contribution is -2.19. The quantitative estimate of drug-likeness (QED) is 0.825. The number of nitrogens with zero attached hydrogens (tertiary/aromatic N) is 2. The van der Waals surface area contributed by atoms with Crippen molar-refractivity contribution in [3.63, 3.8) is 0 Å². The fourth-order valence-corrected chi connectivity index (χ4v) is 1.78. The molecule has 0 aliphatic rings. The zero-order chi connectivity index (χ0) is 11.4. The summed E-state index contributed by atoms with van der Waals surface area (Å²) in [6.07, 6.45) is 1.14. The first-order chi connectivity index (χ1) is 6.97. The van der Waals surface area contributed by atoms with E-state index in [-0.39, 0.29) is 0 Å². The first-order valence-electron chi connectivity index (χ1n) is 5.56. The molecular formula is C12H21N3. The Morgan fingerprint density at radius 3 is 2.13 bits per heavy atom. The highest BCUT2D eigenvalue weighted by atomic mass is 15.1. The number of hydrogen-bond acceptors (Lipinski definition) is 3. The van der Waals surface area contributed by atoms with Crippen LogP contribution < -0.4 is 5.32 Å². The van der Waals surface area contributed by atoms with Crippen LogP contribution in [-0.2, 0) is 0 Å². The molecule has 0 aliphatic carbocycles. The topological polar surface area (TPSA) is 37.8 Å². The summed E-state index contributed by atoms with van der Waals surface area (Å²) in [5.74, 6) is 1.44. The molecule has 0 fully saturated rings. The summed E-state index contributed by atoms with van der Waals surface area (Å²) in [6, 6.07) is 2.41. The first kappa shape index (κ1) is 12.0. The predicted molar refractivity (Wildman–Crippen MR) is 64.0 cm³/mol.